The number of sulfone groups is 1. The van der Waals surface area contributed by atoms with Gasteiger partial charge in [0.2, 0.25) is 0 Å². The van der Waals surface area contributed by atoms with Gasteiger partial charge < -0.3 is 0 Å². The number of ketones is 1. The van der Waals surface area contributed by atoms with Crippen molar-refractivity contribution in [2.45, 2.75) is 45.8 Å². The molecule has 0 aromatic heterocycles. The minimum Gasteiger partial charge on any atom is -0.299 e. The first-order valence-electron chi connectivity index (χ1n) is 5.91. The zero-order valence-electron chi connectivity index (χ0n) is 10.4. The Morgan fingerprint density at radius 2 is 2.00 bits per heavy atom. The van der Waals surface area contributed by atoms with Crippen molar-refractivity contribution in [1.82, 2.24) is 0 Å². The van der Waals surface area contributed by atoms with Crippen LogP contribution in [0.15, 0.2) is 0 Å². The molecular formula is C12H20O3S. The Labute approximate surface area is 97.5 Å². The highest BCUT2D eigenvalue weighted by Crippen LogP contribution is 2.74. The van der Waals surface area contributed by atoms with Gasteiger partial charge in [0, 0.05) is 11.8 Å². The molecule has 2 aliphatic rings. The summed E-state index contributed by atoms with van der Waals surface area (Å²) in [6, 6.07) is 0. The molecule has 4 heteroatoms. The summed E-state index contributed by atoms with van der Waals surface area (Å²) in [5, 5.41) is -0.379. The molecule has 2 aliphatic carbocycles. The van der Waals surface area contributed by atoms with Crippen molar-refractivity contribution in [3.8, 4) is 0 Å². The molecule has 2 saturated carbocycles. The van der Waals surface area contributed by atoms with Gasteiger partial charge in [0.25, 0.3) is 0 Å². The summed E-state index contributed by atoms with van der Waals surface area (Å²) < 4.78 is 23.9. The van der Waals surface area contributed by atoms with Crippen LogP contribution in [0.1, 0.15) is 40.5 Å². The molecule has 0 saturated heterocycles. The Balaban J connectivity index is 2.28. The minimum absolute atomic E-state index is 0.0496. The zero-order chi connectivity index (χ0) is 12.4. The first kappa shape index (κ1) is 12.1. The first-order chi connectivity index (χ1) is 7.16. The number of carbonyl (C=O) groups excluding carboxylic acids is 1. The Morgan fingerprint density at radius 1 is 1.44 bits per heavy atom. The van der Waals surface area contributed by atoms with E-state index in [0.717, 1.165) is 6.42 Å². The van der Waals surface area contributed by atoms with Crippen molar-refractivity contribution in [3.05, 3.63) is 0 Å². The Hall–Kier alpha value is -0.380. The highest BCUT2D eigenvalue weighted by molar-refractivity contribution is 7.92. The normalized spacial score (nSPS) is 42.6. The fourth-order valence-corrected chi connectivity index (χ4v) is 4.76. The van der Waals surface area contributed by atoms with Crippen LogP contribution < -0.4 is 0 Å². The van der Waals surface area contributed by atoms with Crippen LogP contribution in [0.4, 0.5) is 0 Å². The van der Waals surface area contributed by atoms with Crippen molar-refractivity contribution in [2.24, 2.45) is 16.7 Å². The topological polar surface area (TPSA) is 51.2 Å². The molecule has 0 spiro atoms. The lowest BCUT2D eigenvalue weighted by molar-refractivity contribution is -0.122. The number of fused-ring (bicyclic) bond motifs is 1. The summed E-state index contributed by atoms with van der Waals surface area (Å²) in [5.74, 6) is 0.575. The van der Waals surface area contributed by atoms with Gasteiger partial charge in [0.05, 0.1) is 11.0 Å². The number of hydrogen-bond donors (Lipinski definition) is 0. The van der Waals surface area contributed by atoms with Crippen LogP contribution in [0, 0.1) is 16.7 Å². The summed E-state index contributed by atoms with van der Waals surface area (Å²) in [7, 11) is -3.11. The molecule has 3 nitrogen and oxygen atoms in total. The van der Waals surface area contributed by atoms with Crippen LogP contribution >= 0.6 is 0 Å². The van der Waals surface area contributed by atoms with Gasteiger partial charge in [-0.25, -0.2) is 8.42 Å². The van der Waals surface area contributed by atoms with Gasteiger partial charge in [-0.1, -0.05) is 13.8 Å². The van der Waals surface area contributed by atoms with Gasteiger partial charge in [-0.3, -0.25) is 4.79 Å². The lowest BCUT2D eigenvalue weighted by atomic mass is 9.92. The van der Waals surface area contributed by atoms with E-state index in [4.69, 9.17) is 0 Å². The van der Waals surface area contributed by atoms with Gasteiger partial charge in [-0.2, -0.15) is 0 Å². The van der Waals surface area contributed by atoms with E-state index in [-0.39, 0.29) is 22.2 Å². The van der Waals surface area contributed by atoms with Crippen LogP contribution in [0.2, 0.25) is 0 Å². The van der Waals surface area contributed by atoms with Crippen LogP contribution in [-0.4, -0.2) is 25.2 Å². The highest BCUT2D eigenvalue weighted by Gasteiger charge is 2.75. The van der Waals surface area contributed by atoms with Crippen molar-refractivity contribution in [1.29, 1.82) is 0 Å². The van der Waals surface area contributed by atoms with E-state index in [1.54, 1.807) is 13.8 Å². The van der Waals surface area contributed by atoms with E-state index in [2.05, 4.69) is 13.8 Å². The minimum atomic E-state index is -3.11. The Morgan fingerprint density at radius 3 is 2.31 bits per heavy atom. The Bertz CT molecular complexity index is 437. The first-order valence-corrected chi connectivity index (χ1v) is 7.62. The number of hydrogen-bond acceptors (Lipinski definition) is 3. The second kappa shape index (κ2) is 3.09. The van der Waals surface area contributed by atoms with E-state index in [1.165, 1.54) is 0 Å². The summed E-state index contributed by atoms with van der Waals surface area (Å²) in [4.78, 5) is 12.0. The quantitative estimate of drug-likeness (QED) is 0.761. The third-order valence-electron chi connectivity index (χ3n) is 4.92. The summed E-state index contributed by atoms with van der Waals surface area (Å²) >= 11 is 0. The molecule has 0 heterocycles. The van der Waals surface area contributed by atoms with E-state index in [1.807, 2.05) is 0 Å². The number of rotatable bonds is 3. The molecule has 3 unspecified atom stereocenters. The van der Waals surface area contributed by atoms with Crippen LogP contribution in [-0.2, 0) is 14.6 Å². The SMILES string of the molecule is CC1CC(=O)C2(CS(=O)(=O)C(C)C)CC12C. The summed E-state index contributed by atoms with van der Waals surface area (Å²) in [5.41, 5.74) is -0.582. The maximum Gasteiger partial charge on any atom is 0.153 e. The van der Waals surface area contributed by atoms with E-state index in [9.17, 15) is 13.2 Å². The predicted octanol–water partition coefficient (Wildman–Crippen LogP) is 1.81. The fourth-order valence-electron chi connectivity index (χ4n) is 3.15. The summed E-state index contributed by atoms with van der Waals surface area (Å²) in [6.45, 7) is 7.51. The highest BCUT2D eigenvalue weighted by atomic mass is 32.2. The molecule has 0 bridgehead atoms. The van der Waals surface area contributed by atoms with Gasteiger partial charge >= 0.3 is 0 Å². The van der Waals surface area contributed by atoms with Crippen LogP contribution in [0.25, 0.3) is 0 Å². The molecule has 2 fully saturated rings. The van der Waals surface area contributed by atoms with Crippen molar-refractivity contribution in [3.63, 3.8) is 0 Å². The molecule has 0 aromatic carbocycles. The van der Waals surface area contributed by atoms with E-state index < -0.39 is 15.3 Å². The van der Waals surface area contributed by atoms with Crippen LogP contribution in [0.3, 0.4) is 0 Å². The summed E-state index contributed by atoms with van der Waals surface area (Å²) in [6.07, 6.45) is 1.33. The maximum atomic E-state index is 12.0. The third kappa shape index (κ3) is 1.31. The second-order valence-electron chi connectivity index (χ2n) is 6.06. The number of Topliss-reactive ketones (excluding diaryl/α,β-unsaturated/α-hetero) is 1. The molecule has 2 rings (SSSR count). The van der Waals surface area contributed by atoms with Crippen molar-refractivity contribution < 1.29 is 13.2 Å². The molecule has 3 atom stereocenters. The molecule has 92 valence electrons. The van der Waals surface area contributed by atoms with Gasteiger partial charge in [0.1, 0.15) is 5.78 Å². The molecule has 16 heavy (non-hydrogen) atoms. The monoisotopic (exact) mass is 244 g/mol. The average molecular weight is 244 g/mol. The average Bonchev–Trinajstić information content (AvgIpc) is 2.67. The fraction of sp³-hybridized carbons (Fsp3) is 0.917. The molecule has 0 radical (unpaired) electrons. The molecule has 0 aromatic rings. The standard InChI is InChI=1S/C12H20O3S/c1-8(2)16(14,15)7-12-6-11(12,4)9(3)5-10(12)13/h8-9H,5-7H2,1-4H3. The number of carbonyl (C=O) groups is 1. The third-order valence-corrected chi connectivity index (χ3v) is 7.25. The van der Waals surface area contributed by atoms with Gasteiger partial charge in [-0.15, -0.1) is 0 Å². The largest absolute Gasteiger partial charge is 0.299 e. The zero-order valence-corrected chi connectivity index (χ0v) is 11.2. The van der Waals surface area contributed by atoms with Crippen LogP contribution in [0.5, 0.6) is 0 Å². The van der Waals surface area contributed by atoms with Gasteiger partial charge in [-0.05, 0) is 31.6 Å². The molecule has 0 aliphatic heterocycles. The maximum absolute atomic E-state index is 12.0. The van der Waals surface area contributed by atoms with E-state index in [0.29, 0.717) is 12.3 Å². The van der Waals surface area contributed by atoms with Gasteiger partial charge in [0.15, 0.2) is 9.84 Å². The second-order valence-corrected chi connectivity index (χ2v) is 8.62. The predicted molar refractivity (Wildman–Crippen MR) is 62.9 cm³/mol. The lowest BCUT2D eigenvalue weighted by Gasteiger charge is -2.17. The smallest absolute Gasteiger partial charge is 0.153 e. The molecule has 0 N–H and O–H groups in total. The Kier molecular flexibility index (Phi) is 2.34. The van der Waals surface area contributed by atoms with Crippen molar-refractivity contribution in [2.75, 3.05) is 5.75 Å². The van der Waals surface area contributed by atoms with E-state index >= 15 is 0 Å². The molecule has 0 amide bonds. The van der Waals surface area contributed by atoms with Crippen molar-refractivity contribution >= 4 is 15.6 Å². The lowest BCUT2D eigenvalue weighted by Crippen LogP contribution is -2.30. The molecular weight excluding hydrogens is 224 g/mol.